The molecular formula is C23H28N2O. The summed E-state index contributed by atoms with van der Waals surface area (Å²) in [6, 6.07) is 17.0. The number of rotatable bonds is 3. The van der Waals surface area contributed by atoms with Crippen molar-refractivity contribution in [2.75, 3.05) is 26.2 Å². The van der Waals surface area contributed by atoms with Crippen LogP contribution in [-0.4, -0.2) is 41.9 Å². The monoisotopic (exact) mass is 348 g/mol. The first-order valence-electron chi connectivity index (χ1n) is 9.97. The molecule has 0 N–H and O–H groups in total. The van der Waals surface area contributed by atoms with Crippen LogP contribution in [0.3, 0.4) is 0 Å². The molecule has 0 spiro atoms. The Labute approximate surface area is 156 Å². The predicted molar refractivity (Wildman–Crippen MR) is 105 cm³/mol. The number of hydrogen-bond donors (Lipinski definition) is 0. The Balaban J connectivity index is 1.40. The Hall–Kier alpha value is -2.13. The van der Waals surface area contributed by atoms with Crippen LogP contribution in [0.4, 0.5) is 0 Å². The maximum atomic E-state index is 13.0. The molecule has 1 saturated heterocycles. The lowest BCUT2D eigenvalue weighted by Gasteiger charge is -2.23. The summed E-state index contributed by atoms with van der Waals surface area (Å²) in [7, 11) is 0. The Morgan fingerprint density at radius 2 is 1.62 bits per heavy atom. The minimum atomic E-state index is 0.208. The van der Waals surface area contributed by atoms with Gasteiger partial charge in [-0.1, -0.05) is 36.4 Å². The molecule has 3 heteroatoms. The highest BCUT2D eigenvalue weighted by molar-refractivity contribution is 5.94. The highest BCUT2D eigenvalue weighted by Crippen LogP contribution is 2.23. The summed E-state index contributed by atoms with van der Waals surface area (Å²) in [4.78, 5) is 17.5. The van der Waals surface area contributed by atoms with Crippen molar-refractivity contribution < 1.29 is 4.79 Å². The van der Waals surface area contributed by atoms with Gasteiger partial charge in [0.2, 0.25) is 0 Å². The molecule has 26 heavy (non-hydrogen) atoms. The molecular weight excluding hydrogens is 320 g/mol. The van der Waals surface area contributed by atoms with Crippen LogP contribution >= 0.6 is 0 Å². The van der Waals surface area contributed by atoms with Crippen LogP contribution in [-0.2, 0) is 19.4 Å². The molecule has 2 aliphatic rings. The van der Waals surface area contributed by atoms with Gasteiger partial charge in [-0.05, 0) is 60.9 Å². The molecule has 0 atom stereocenters. The standard InChI is InChI=1S/C23H28N2O/c26-23(22-12-11-20-9-4-5-10-21(20)17-22)25-14-6-13-24(15-16-25)18-19-7-2-1-3-8-19/h1-3,7-8,11-12,17H,4-6,9-10,13-16,18H2. The zero-order valence-electron chi connectivity index (χ0n) is 15.5. The van der Waals surface area contributed by atoms with Crippen LogP contribution in [0.2, 0.25) is 0 Å². The minimum Gasteiger partial charge on any atom is -0.337 e. The number of nitrogens with zero attached hydrogens (tertiary/aromatic N) is 2. The molecule has 4 rings (SSSR count). The summed E-state index contributed by atoms with van der Waals surface area (Å²) >= 11 is 0. The summed E-state index contributed by atoms with van der Waals surface area (Å²) < 4.78 is 0. The molecule has 1 heterocycles. The maximum absolute atomic E-state index is 13.0. The zero-order chi connectivity index (χ0) is 17.8. The number of hydrogen-bond acceptors (Lipinski definition) is 2. The molecule has 2 aromatic rings. The average molecular weight is 348 g/mol. The zero-order valence-corrected chi connectivity index (χ0v) is 15.5. The van der Waals surface area contributed by atoms with E-state index < -0.39 is 0 Å². The Morgan fingerprint density at radius 1 is 0.808 bits per heavy atom. The molecule has 1 amide bonds. The van der Waals surface area contributed by atoms with Gasteiger partial charge in [-0.2, -0.15) is 0 Å². The van der Waals surface area contributed by atoms with E-state index >= 15 is 0 Å². The van der Waals surface area contributed by atoms with Gasteiger partial charge in [0.1, 0.15) is 0 Å². The number of benzene rings is 2. The third-order valence-electron chi connectivity index (χ3n) is 5.72. The second-order valence-electron chi connectivity index (χ2n) is 7.60. The van der Waals surface area contributed by atoms with Crippen LogP contribution in [0, 0.1) is 0 Å². The van der Waals surface area contributed by atoms with E-state index in [9.17, 15) is 4.79 Å². The summed E-state index contributed by atoms with van der Waals surface area (Å²) in [6.45, 7) is 4.67. The SMILES string of the molecule is O=C(c1ccc2c(c1)CCCC2)N1CCCN(Cc2ccccc2)CC1. The highest BCUT2D eigenvalue weighted by atomic mass is 16.2. The topological polar surface area (TPSA) is 23.6 Å². The first-order valence-corrected chi connectivity index (χ1v) is 9.97. The smallest absolute Gasteiger partial charge is 0.253 e. The molecule has 0 aromatic heterocycles. The fourth-order valence-electron chi connectivity index (χ4n) is 4.22. The van der Waals surface area contributed by atoms with Crippen LogP contribution in [0.25, 0.3) is 0 Å². The second-order valence-corrected chi connectivity index (χ2v) is 7.60. The van der Waals surface area contributed by atoms with Crippen molar-refractivity contribution in [2.45, 2.75) is 38.6 Å². The van der Waals surface area contributed by atoms with Crippen molar-refractivity contribution in [3.05, 3.63) is 70.8 Å². The maximum Gasteiger partial charge on any atom is 0.253 e. The van der Waals surface area contributed by atoms with Gasteiger partial charge in [-0.15, -0.1) is 0 Å². The largest absolute Gasteiger partial charge is 0.337 e. The fourth-order valence-corrected chi connectivity index (χ4v) is 4.22. The van der Waals surface area contributed by atoms with E-state index in [-0.39, 0.29) is 5.91 Å². The van der Waals surface area contributed by atoms with Crippen molar-refractivity contribution in [3.63, 3.8) is 0 Å². The van der Waals surface area contributed by atoms with Crippen LogP contribution in [0.15, 0.2) is 48.5 Å². The van der Waals surface area contributed by atoms with Crippen molar-refractivity contribution in [3.8, 4) is 0 Å². The van der Waals surface area contributed by atoms with Crippen LogP contribution in [0.1, 0.15) is 46.3 Å². The third kappa shape index (κ3) is 3.99. The lowest BCUT2D eigenvalue weighted by Crippen LogP contribution is -2.35. The molecule has 136 valence electrons. The quantitative estimate of drug-likeness (QED) is 0.839. The number of aryl methyl sites for hydroxylation is 2. The average Bonchev–Trinajstić information content (AvgIpc) is 2.93. The van der Waals surface area contributed by atoms with Gasteiger partial charge in [0.25, 0.3) is 5.91 Å². The third-order valence-corrected chi connectivity index (χ3v) is 5.72. The molecule has 2 aromatic carbocycles. The van der Waals surface area contributed by atoms with E-state index in [0.29, 0.717) is 0 Å². The fraction of sp³-hybridized carbons (Fsp3) is 0.435. The van der Waals surface area contributed by atoms with E-state index in [1.165, 1.54) is 36.0 Å². The van der Waals surface area contributed by atoms with Crippen molar-refractivity contribution in [1.29, 1.82) is 0 Å². The lowest BCUT2D eigenvalue weighted by molar-refractivity contribution is 0.0761. The number of fused-ring (bicyclic) bond motifs is 1. The van der Waals surface area contributed by atoms with Crippen LogP contribution in [0.5, 0.6) is 0 Å². The van der Waals surface area contributed by atoms with Gasteiger partial charge in [-0.25, -0.2) is 0 Å². The molecule has 1 aliphatic carbocycles. The van der Waals surface area contributed by atoms with Gasteiger partial charge >= 0.3 is 0 Å². The summed E-state index contributed by atoms with van der Waals surface area (Å²) in [5, 5.41) is 0. The normalized spacial score (nSPS) is 18.2. The first kappa shape index (κ1) is 17.3. The summed E-state index contributed by atoms with van der Waals surface area (Å²) in [5.74, 6) is 0.208. The lowest BCUT2D eigenvalue weighted by atomic mass is 9.90. The molecule has 0 radical (unpaired) electrons. The Bertz CT molecular complexity index is 756. The van der Waals surface area contributed by atoms with E-state index in [2.05, 4.69) is 52.3 Å². The Morgan fingerprint density at radius 3 is 2.46 bits per heavy atom. The van der Waals surface area contributed by atoms with E-state index in [1.54, 1.807) is 0 Å². The van der Waals surface area contributed by atoms with E-state index in [4.69, 9.17) is 0 Å². The molecule has 0 unspecified atom stereocenters. The van der Waals surface area contributed by atoms with Crippen molar-refractivity contribution in [2.24, 2.45) is 0 Å². The number of carbonyl (C=O) groups excluding carboxylic acids is 1. The van der Waals surface area contributed by atoms with Gasteiger partial charge in [-0.3, -0.25) is 9.69 Å². The van der Waals surface area contributed by atoms with Gasteiger partial charge in [0.15, 0.2) is 0 Å². The summed E-state index contributed by atoms with van der Waals surface area (Å²) in [6.07, 6.45) is 5.87. The van der Waals surface area contributed by atoms with Gasteiger partial charge in [0, 0.05) is 38.3 Å². The van der Waals surface area contributed by atoms with E-state index in [1.807, 2.05) is 6.07 Å². The van der Waals surface area contributed by atoms with Gasteiger partial charge in [0.05, 0.1) is 0 Å². The highest BCUT2D eigenvalue weighted by Gasteiger charge is 2.21. The molecule has 0 bridgehead atoms. The molecule has 1 aliphatic heterocycles. The molecule has 3 nitrogen and oxygen atoms in total. The van der Waals surface area contributed by atoms with Gasteiger partial charge < -0.3 is 4.90 Å². The Kier molecular flexibility index (Phi) is 5.35. The van der Waals surface area contributed by atoms with Crippen molar-refractivity contribution in [1.82, 2.24) is 9.80 Å². The van der Waals surface area contributed by atoms with Crippen molar-refractivity contribution >= 4 is 5.91 Å². The molecule has 0 saturated carbocycles. The minimum absolute atomic E-state index is 0.208. The van der Waals surface area contributed by atoms with E-state index in [0.717, 1.165) is 51.1 Å². The van der Waals surface area contributed by atoms with Crippen LogP contribution < -0.4 is 0 Å². The first-order chi connectivity index (χ1) is 12.8. The predicted octanol–water partition coefficient (Wildman–Crippen LogP) is 3.91. The summed E-state index contributed by atoms with van der Waals surface area (Å²) in [5.41, 5.74) is 5.06. The number of carbonyl (C=O) groups is 1. The second kappa shape index (κ2) is 8.05. The number of amides is 1. The molecule has 1 fully saturated rings.